The summed E-state index contributed by atoms with van der Waals surface area (Å²) in [6.07, 6.45) is 2.37. The van der Waals surface area contributed by atoms with Crippen LogP contribution >= 0.6 is 0 Å². The summed E-state index contributed by atoms with van der Waals surface area (Å²) in [6, 6.07) is 19.0. The molecule has 0 atom stereocenters. The van der Waals surface area contributed by atoms with Gasteiger partial charge >= 0.3 is 0 Å². The normalized spacial score (nSPS) is 15.0. The molecule has 4 rings (SSSR count). The minimum absolute atomic E-state index is 0.0275. The maximum Gasteiger partial charge on any atom is 0.126 e. The molecule has 3 aromatic rings. The van der Waals surface area contributed by atoms with Crippen molar-refractivity contribution in [3.63, 3.8) is 0 Å². The van der Waals surface area contributed by atoms with Crippen molar-refractivity contribution >= 4 is 16.3 Å². The van der Waals surface area contributed by atoms with E-state index in [1.165, 1.54) is 27.6 Å². The SMILES string of the molecule is COc1ccc2c(c1)C(C)(C)C=C2c1ccc(OC)c2ccccc12. The van der Waals surface area contributed by atoms with Crippen LogP contribution in [0.25, 0.3) is 16.3 Å². The predicted octanol–water partition coefficient (Wildman–Crippen LogP) is 5.58. The molecule has 0 unspecified atom stereocenters. The van der Waals surface area contributed by atoms with Crippen LogP contribution in [-0.2, 0) is 5.41 Å². The van der Waals surface area contributed by atoms with Gasteiger partial charge in [-0.05, 0) is 45.8 Å². The molecular formula is C23H22O2. The van der Waals surface area contributed by atoms with Crippen molar-refractivity contribution in [2.75, 3.05) is 14.2 Å². The number of rotatable bonds is 3. The molecule has 1 aliphatic carbocycles. The van der Waals surface area contributed by atoms with Gasteiger partial charge in [-0.3, -0.25) is 0 Å². The fraction of sp³-hybridized carbons (Fsp3) is 0.217. The van der Waals surface area contributed by atoms with Gasteiger partial charge < -0.3 is 9.47 Å². The highest BCUT2D eigenvalue weighted by Gasteiger charge is 2.31. The lowest BCUT2D eigenvalue weighted by atomic mass is 9.87. The summed E-state index contributed by atoms with van der Waals surface area (Å²) < 4.78 is 11.0. The van der Waals surface area contributed by atoms with E-state index in [1.807, 2.05) is 6.07 Å². The standard InChI is InChI=1S/C23H22O2/c1-23(2)14-20(18-10-9-15(24-3)13-21(18)23)17-11-12-22(25-4)19-8-6-5-7-16(17)19/h5-14H,1-4H3. The van der Waals surface area contributed by atoms with E-state index in [0.29, 0.717) is 0 Å². The van der Waals surface area contributed by atoms with Crippen molar-refractivity contribution < 1.29 is 9.47 Å². The number of methoxy groups -OCH3 is 2. The maximum absolute atomic E-state index is 5.55. The van der Waals surface area contributed by atoms with Gasteiger partial charge in [0.05, 0.1) is 14.2 Å². The van der Waals surface area contributed by atoms with E-state index in [1.54, 1.807) is 14.2 Å². The molecular weight excluding hydrogens is 308 g/mol. The Morgan fingerprint density at radius 1 is 0.760 bits per heavy atom. The molecule has 0 aliphatic heterocycles. The van der Waals surface area contributed by atoms with Crippen LogP contribution in [0.5, 0.6) is 11.5 Å². The highest BCUT2D eigenvalue weighted by molar-refractivity contribution is 6.02. The fourth-order valence-corrected chi connectivity index (χ4v) is 3.84. The van der Waals surface area contributed by atoms with Crippen molar-refractivity contribution in [2.24, 2.45) is 0 Å². The molecule has 0 spiro atoms. The number of allylic oxidation sites excluding steroid dienone is 1. The Morgan fingerprint density at radius 3 is 2.20 bits per heavy atom. The first kappa shape index (κ1) is 15.8. The maximum atomic E-state index is 5.55. The molecule has 0 fully saturated rings. The second-order valence-electron chi connectivity index (χ2n) is 7.05. The Kier molecular flexibility index (Phi) is 3.57. The smallest absolute Gasteiger partial charge is 0.126 e. The third kappa shape index (κ3) is 2.41. The molecule has 2 heteroatoms. The van der Waals surface area contributed by atoms with Gasteiger partial charge in [0.1, 0.15) is 11.5 Å². The molecule has 0 N–H and O–H groups in total. The van der Waals surface area contributed by atoms with Gasteiger partial charge in [0.25, 0.3) is 0 Å². The summed E-state index contributed by atoms with van der Waals surface area (Å²) in [5, 5.41) is 2.36. The molecule has 126 valence electrons. The fourth-order valence-electron chi connectivity index (χ4n) is 3.84. The first-order chi connectivity index (χ1) is 12.0. The van der Waals surface area contributed by atoms with Crippen LogP contribution in [0.15, 0.2) is 60.7 Å². The Morgan fingerprint density at radius 2 is 1.48 bits per heavy atom. The van der Waals surface area contributed by atoms with Crippen LogP contribution < -0.4 is 9.47 Å². The van der Waals surface area contributed by atoms with Gasteiger partial charge in [-0.15, -0.1) is 0 Å². The van der Waals surface area contributed by atoms with Crippen molar-refractivity contribution in [1.82, 2.24) is 0 Å². The lowest BCUT2D eigenvalue weighted by Crippen LogP contribution is -2.10. The quantitative estimate of drug-likeness (QED) is 0.624. The highest BCUT2D eigenvalue weighted by Crippen LogP contribution is 2.46. The summed E-state index contributed by atoms with van der Waals surface area (Å²) in [5.41, 5.74) is 5.08. The third-order valence-electron chi connectivity index (χ3n) is 5.11. The van der Waals surface area contributed by atoms with Crippen molar-refractivity contribution in [2.45, 2.75) is 19.3 Å². The molecule has 25 heavy (non-hydrogen) atoms. The Balaban J connectivity index is 1.97. The third-order valence-corrected chi connectivity index (χ3v) is 5.11. The van der Waals surface area contributed by atoms with Crippen LogP contribution in [0.1, 0.15) is 30.5 Å². The van der Waals surface area contributed by atoms with Gasteiger partial charge in [0.15, 0.2) is 0 Å². The number of hydrogen-bond acceptors (Lipinski definition) is 2. The Bertz CT molecular complexity index is 996. The van der Waals surface area contributed by atoms with Crippen molar-refractivity contribution in [1.29, 1.82) is 0 Å². The second-order valence-corrected chi connectivity index (χ2v) is 7.05. The predicted molar refractivity (Wildman–Crippen MR) is 104 cm³/mol. The topological polar surface area (TPSA) is 18.5 Å². The lowest BCUT2D eigenvalue weighted by Gasteiger charge is -2.18. The van der Waals surface area contributed by atoms with Crippen molar-refractivity contribution in [3.05, 3.63) is 77.4 Å². The van der Waals surface area contributed by atoms with Gasteiger partial charge in [-0.25, -0.2) is 0 Å². The first-order valence-corrected chi connectivity index (χ1v) is 8.53. The van der Waals surface area contributed by atoms with E-state index < -0.39 is 0 Å². The number of hydrogen-bond donors (Lipinski definition) is 0. The molecule has 3 aromatic carbocycles. The molecule has 0 heterocycles. The molecule has 0 aromatic heterocycles. The second kappa shape index (κ2) is 5.66. The number of benzene rings is 3. The zero-order chi connectivity index (χ0) is 17.6. The summed E-state index contributed by atoms with van der Waals surface area (Å²) >= 11 is 0. The molecule has 0 bridgehead atoms. The van der Waals surface area contributed by atoms with E-state index in [4.69, 9.17) is 9.47 Å². The van der Waals surface area contributed by atoms with E-state index in [0.717, 1.165) is 16.9 Å². The molecule has 2 nitrogen and oxygen atoms in total. The van der Waals surface area contributed by atoms with Crippen LogP contribution in [0.4, 0.5) is 0 Å². The average Bonchev–Trinajstić information content (AvgIpc) is 2.91. The van der Waals surface area contributed by atoms with E-state index in [9.17, 15) is 0 Å². The van der Waals surface area contributed by atoms with Gasteiger partial charge in [-0.2, -0.15) is 0 Å². The Hall–Kier alpha value is -2.74. The largest absolute Gasteiger partial charge is 0.497 e. The monoisotopic (exact) mass is 330 g/mol. The highest BCUT2D eigenvalue weighted by atomic mass is 16.5. The molecule has 0 radical (unpaired) electrons. The zero-order valence-electron chi connectivity index (χ0n) is 15.1. The molecule has 0 amide bonds. The molecule has 0 saturated heterocycles. The minimum atomic E-state index is -0.0275. The lowest BCUT2D eigenvalue weighted by molar-refractivity contribution is 0.413. The molecule has 0 saturated carbocycles. The zero-order valence-corrected chi connectivity index (χ0v) is 15.1. The average molecular weight is 330 g/mol. The van der Waals surface area contributed by atoms with Gasteiger partial charge in [0.2, 0.25) is 0 Å². The van der Waals surface area contributed by atoms with E-state index in [2.05, 4.69) is 68.5 Å². The summed E-state index contributed by atoms with van der Waals surface area (Å²) in [5.74, 6) is 1.81. The van der Waals surface area contributed by atoms with Gasteiger partial charge in [0, 0.05) is 10.8 Å². The van der Waals surface area contributed by atoms with Crippen molar-refractivity contribution in [3.8, 4) is 11.5 Å². The number of ether oxygens (including phenoxy) is 2. The first-order valence-electron chi connectivity index (χ1n) is 8.53. The summed E-state index contributed by atoms with van der Waals surface area (Å²) in [6.45, 7) is 4.51. The minimum Gasteiger partial charge on any atom is -0.497 e. The van der Waals surface area contributed by atoms with Crippen LogP contribution in [0.3, 0.4) is 0 Å². The van der Waals surface area contributed by atoms with Crippen LogP contribution in [0.2, 0.25) is 0 Å². The van der Waals surface area contributed by atoms with Crippen LogP contribution in [0, 0.1) is 0 Å². The summed E-state index contributed by atoms with van der Waals surface area (Å²) in [7, 11) is 3.44. The van der Waals surface area contributed by atoms with Crippen LogP contribution in [-0.4, -0.2) is 14.2 Å². The summed E-state index contributed by atoms with van der Waals surface area (Å²) in [4.78, 5) is 0. The Labute approximate surface area is 148 Å². The van der Waals surface area contributed by atoms with E-state index in [-0.39, 0.29) is 5.41 Å². The number of fused-ring (bicyclic) bond motifs is 2. The van der Waals surface area contributed by atoms with Gasteiger partial charge in [-0.1, -0.05) is 56.3 Å². The van der Waals surface area contributed by atoms with E-state index >= 15 is 0 Å². The molecule has 1 aliphatic rings.